The van der Waals surface area contributed by atoms with Crippen LogP contribution in [0.15, 0.2) is 12.1 Å². The fourth-order valence-corrected chi connectivity index (χ4v) is 8.41. The number of rotatable bonds is 8. The summed E-state index contributed by atoms with van der Waals surface area (Å²) in [5.41, 5.74) is 3.00. The molecule has 4 aliphatic heterocycles. The van der Waals surface area contributed by atoms with Gasteiger partial charge in [-0.1, -0.05) is 11.6 Å². The van der Waals surface area contributed by atoms with Gasteiger partial charge in [-0.2, -0.15) is 23.1 Å². The smallest absolute Gasteiger partial charge is 0.418 e. The minimum Gasteiger partial charge on any atom is -0.461 e. The normalized spacial score (nSPS) is 26.3. The van der Waals surface area contributed by atoms with Gasteiger partial charge in [0.1, 0.15) is 23.8 Å². The molecule has 4 atom stereocenters. The third-order valence-corrected chi connectivity index (χ3v) is 10.4. The molecule has 4 aliphatic rings. The summed E-state index contributed by atoms with van der Waals surface area (Å²) in [6, 6.07) is 3.31. The lowest BCUT2D eigenvalue weighted by atomic mass is 9.95. The molecule has 14 heteroatoms. The molecule has 2 aromatic heterocycles. The molecular formula is C32H38ClF4N7O2. The number of benzene rings is 1. The summed E-state index contributed by atoms with van der Waals surface area (Å²) in [5.74, 6) is -0.769. The third kappa shape index (κ3) is 5.52. The number of aromatic nitrogens is 3. The molecule has 9 nitrogen and oxygen atoms in total. The molecule has 7 rings (SSSR count). The highest BCUT2D eigenvalue weighted by Crippen LogP contribution is 2.46. The minimum atomic E-state index is -4.83. The van der Waals surface area contributed by atoms with Crippen molar-refractivity contribution in [2.75, 3.05) is 50.1 Å². The Morgan fingerprint density at radius 3 is 2.59 bits per heavy atom. The molecule has 0 aliphatic carbocycles. The Bertz CT molecular complexity index is 1650. The fourth-order valence-electron chi connectivity index (χ4n) is 8.13. The standard InChI is InChI=1S/C32H38ClF4N7O2/c1-3-45-15-20-7-9-31(8-4-10-44(20)31)16-46-30-41-27-21(29(42-30)43-13-18-5-6-19(14-43)39-18)12-22(33)24(26(27)34)28-25(32(35,36)37)17(2)11-23(38)40-28/h11-12,18-20,39H,3-10,13-16H2,1-2H3,(H2,38,40)/t18?,19?,20-,31-/m1/s1. The SMILES string of the molecule is CCOC[C@H]1CC[C@@]2(COc3nc(N4CC5CCC(C4)N5)c4cc(Cl)c(-c5nc(N)cc(C)c5C(F)(F)F)c(F)c4n3)CCCN12. The fraction of sp³-hybridized carbons (Fsp3) is 0.594. The van der Waals surface area contributed by atoms with E-state index in [9.17, 15) is 13.2 Å². The lowest BCUT2D eigenvalue weighted by molar-refractivity contribution is -0.137. The molecule has 4 fully saturated rings. The predicted molar refractivity (Wildman–Crippen MR) is 168 cm³/mol. The maximum atomic E-state index is 16.7. The number of aryl methyl sites for hydroxylation is 1. The highest BCUT2D eigenvalue weighted by Gasteiger charge is 2.50. The number of ether oxygens (including phenoxy) is 2. The number of hydrogen-bond donors (Lipinski definition) is 2. The summed E-state index contributed by atoms with van der Waals surface area (Å²) in [5, 5.41) is 3.64. The van der Waals surface area contributed by atoms with Crippen LogP contribution in [0.1, 0.15) is 56.6 Å². The van der Waals surface area contributed by atoms with E-state index >= 15 is 4.39 Å². The molecule has 6 heterocycles. The van der Waals surface area contributed by atoms with E-state index in [4.69, 9.17) is 31.8 Å². The van der Waals surface area contributed by atoms with Gasteiger partial charge in [0, 0.05) is 43.2 Å². The number of pyridine rings is 1. The van der Waals surface area contributed by atoms with Crippen LogP contribution in [0.2, 0.25) is 5.02 Å². The van der Waals surface area contributed by atoms with Gasteiger partial charge in [-0.25, -0.2) is 9.37 Å². The maximum Gasteiger partial charge on any atom is 0.418 e. The summed E-state index contributed by atoms with van der Waals surface area (Å²) in [4.78, 5) is 17.8. The van der Waals surface area contributed by atoms with Crippen molar-refractivity contribution >= 4 is 34.1 Å². The zero-order valence-corrected chi connectivity index (χ0v) is 26.6. The number of piperazine rings is 1. The number of nitrogens with zero attached hydrogens (tertiary/aromatic N) is 5. The Balaban J connectivity index is 1.33. The van der Waals surface area contributed by atoms with E-state index in [1.54, 1.807) is 0 Å². The van der Waals surface area contributed by atoms with E-state index in [1.165, 1.54) is 13.0 Å². The van der Waals surface area contributed by atoms with E-state index in [0.29, 0.717) is 50.2 Å². The van der Waals surface area contributed by atoms with Crippen LogP contribution in [0.4, 0.5) is 29.2 Å². The molecule has 0 spiro atoms. The van der Waals surface area contributed by atoms with Crippen LogP contribution in [0.3, 0.4) is 0 Å². The van der Waals surface area contributed by atoms with Crippen LogP contribution >= 0.6 is 11.6 Å². The van der Waals surface area contributed by atoms with Gasteiger partial charge in [0.05, 0.1) is 34.0 Å². The first-order valence-electron chi connectivity index (χ1n) is 16.0. The summed E-state index contributed by atoms with van der Waals surface area (Å²) in [6.45, 7) is 7.08. The van der Waals surface area contributed by atoms with E-state index < -0.39 is 28.8 Å². The van der Waals surface area contributed by atoms with Gasteiger partial charge in [0.2, 0.25) is 0 Å². The molecule has 46 heavy (non-hydrogen) atoms. The van der Waals surface area contributed by atoms with Crippen molar-refractivity contribution in [3.63, 3.8) is 0 Å². The Kier molecular flexibility index (Phi) is 8.18. The van der Waals surface area contributed by atoms with Crippen LogP contribution in [0, 0.1) is 12.7 Å². The second-order valence-electron chi connectivity index (χ2n) is 13.1. The molecule has 0 amide bonds. The number of nitrogen functional groups attached to an aromatic ring is 1. The lowest BCUT2D eigenvalue weighted by Crippen LogP contribution is -2.51. The van der Waals surface area contributed by atoms with Crippen molar-refractivity contribution in [1.29, 1.82) is 0 Å². The quantitative estimate of drug-likeness (QED) is 0.292. The van der Waals surface area contributed by atoms with Gasteiger partial charge >= 0.3 is 12.2 Å². The largest absolute Gasteiger partial charge is 0.461 e. The maximum absolute atomic E-state index is 16.7. The number of nitrogens with two attached hydrogens (primary N) is 1. The Morgan fingerprint density at radius 2 is 1.87 bits per heavy atom. The summed E-state index contributed by atoms with van der Waals surface area (Å²) in [7, 11) is 0. The van der Waals surface area contributed by atoms with Gasteiger partial charge in [-0.05, 0) is 76.6 Å². The Morgan fingerprint density at radius 1 is 1.11 bits per heavy atom. The molecule has 2 unspecified atom stereocenters. The molecule has 3 aromatic rings. The molecule has 4 saturated heterocycles. The molecule has 0 saturated carbocycles. The Hall–Kier alpha value is -3.00. The first-order chi connectivity index (χ1) is 22.0. The third-order valence-electron chi connectivity index (χ3n) is 10.1. The van der Waals surface area contributed by atoms with Crippen LogP contribution in [0.25, 0.3) is 22.2 Å². The van der Waals surface area contributed by atoms with Crippen LogP contribution < -0.4 is 20.7 Å². The molecule has 3 N–H and O–H groups in total. The molecular weight excluding hydrogens is 626 g/mol. The number of nitrogens with one attached hydrogen (secondary N) is 1. The van der Waals surface area contributed by atoms with Crippen molar-refractivity contribution in [2.45, 2.75) is 82.2 Å². The summed E-state index contributed by atoms with van der Waals surface area (Å²) < 4.78 is 71.7. The summed E-state index contributed by atoms with van der Waals surface area (Å²) >= 11 is 6.63. The number of fused-ring (bicyclic) bond motifs is 4. The zero-order valence-electron chi connectivity index (χ0n) is 25.9. The number of anilines is 2. The average molecular weight is 664 g/mol. The molecule has 248 valence electrons. The summed E-state index contributed by atoms with van der Waals surface area (Å²) in [6.07, 6.45) is 1.09. The predicted octanol–water partition coefficient (Wildman–Crippen LogP) is 5.75. The van der Waals surface area contributed by atoms with Gasteiger partial charge < -0.3 is 25.4 Å². The van der Waals surface area contributed by atoms with E-state index in [2.05, 4.69) is 25.1 Å². The Labute approximate surface area is 269 Å². The zero-order chi connectivity index (χ0) is 32.4. The molecule has 0 radical (unpaired) electrons. The highest BCUT2D eigenvalue weighted by atomic mass is 35.5. The highest BCUT2D eigenvalue weighted by molar-refractivity contribution is 6.34. The van der Waals surface area contributed by atoms with Crippen LogP contribution in [-0.2, 0) is 10.9 Å². The number of alkyl halides is 3. The second-order valence-corrected chi connectivity index (χ2v) is 13.5. The van der Waals surface area contributed by atoms with Crippen molar-refractivity contribution < 1.29 is 27.0 Å². The first kappa shape index (κ1) is 31.6. The van der Waals surface area contributed by atoms with Crippen molar-refractivity contribution in [1.82, 2.24) is 25.2 Å². The monoisotopic (exact) mass is 663 g/mol. The topological polar surface area (TPSA) is 102 Å². The van der Waals surface area contributed by atoms with E-state index in [-0.39, 0.29) is 45.6 Å². The van der Waals surface area contributed by atoms with Crippen LogP contribution in [-0.4, -0.2) is 83.0 Å². The molecule has 1 aromatic carbocycles. The van der Waals surface area contributed by atoms with Crippen molar-refractivity contribution in [3.8, 4) is 17.3 Å². The first-order valence-corrected chi connectivity index (χ1v) is 16.4. The van der Waals surface area contributed by atoms with Crippen molar-refractivity contribution in [2.24, 2.45) is 0 Å². The lowest BCUT2D eigenvalue weighted by Gasteiger charge is -2.35. The second kappa shape index (κ2) is 11.9. The number of halogens is 5. The van der Waals surface area contributed by atoms with E-state index in [0.717, 1.165) is 51.1 Å². The average Bonchev–Trinajstić information content (AvgIpc) is 3.66. The van der Waals surface area contributed by atoms with Gasteiger partial charge in [0.25, 0.3) is 0 Å². The van der Waals surface area contributed by atoms with Crippen LogP contribution in [0.5, 0.6) is 6.01 Å². The molecule has 2 bridgehead atoms. The van der Waals surface area contributed by atoms with E-state index in [1.807, 2.05) is 6.92 Å². The van der Waals surface area contributed by atoms with Gasteiger partial charge in [-0.15, -0.1) is 0 Å². The minimum absolute atomic E-state index is 0.0252. The number of hydrogen-bond acceptors (Lipinski definition) is 9. The van der Waals surface area contributed by atoms with Gasteiger partial charge in [-0.3, -0.25) is 4.90 Å². The van der Waals surface area contributed by atoms with Crippen molar-refractivity contribution in [3.05, 3.63) is 34.1 Å². The van der Waals surface area contributed by atoms with Gasteiger partial charge in [0.15, 0.2) is 5.82 Å².